The van der Waals surface area contributed by atoms with Crippen molar-refractivity contribution in [3.05, 3.63) is 35.4 Å². The predicted molar refractivity (Wildman–Crippen MR) is 76.8 cm³/mol. The summed E-state index contributed by atoms with van der Waals surface area (Å²) < 4.78 is 0. The molecule has 0 spiro atoms. The van der Waals surface area contributed by atoms with Gasteiger partial charge in [0.1, 0.15) is 11.4 Å². The van der Waals surface area contributed by atoms with Crippen LogP contribution in [0.5, 0.6) is 0 Å². The summed E-state index contributed by atoms with van der Waals surface area (Å²) in [5, 5.41) is 2.54. The highest BCUT2D eigenvalue weighted by Crippen LogP contribution is 2.41. The van der Waals surface area contributed by atoms with Crippen molar-refractivity contribution in [3.63, 3.8) is 0 Å². The third kappa shape index (κ3) is 2.61. The standard InChI is InChI=1S/C14H18N2O2S/c1-9-6-4-5-7-11(9)14-16(12(17)8-19-14)10(2)13(18)15-3/h4-7,10,14H,8H2,1-3H3,(H,15,18)/t10-,14+/m0/s1. The Kier molecular flexibility index (Phi) is 4.14. The Balaban J connectivity index is 2.32. The van der Waals surface area contributed by atoms with Gasteiger partial charge in [-0.2, -0.15) is 0 Å². The largest absolute Gasteiger partial charge is 0.357 e. The smallest absolute Gasteiger partial charge is 0.242 e. The van der Waals surface area contributed by atoms with E-state index in [0.717, 1.165) is 11.1 Å². The number of hydrogen-bond acceptors (Lipinski definition) is 3. The third-order valence-corrected chi connectivity index (χ3v) is 4.61. The van der Waals surface area contributed by atoms with Crippen LogP contribution in [0.3, 0.4) is 0 Å². The molecule has 1 aliphatic rings. The monoisotopic (exact) mass is 278 g/mol. The number of rotatable bonds is 3. The average molecular weight is 278 g/mol. The SMILES string of the molecule is CNC(=O)[C@H](C)N1C(=O)CS[C@@H]1c1ccccc1C. The maximum atomic E-state index is 12.1. The van der Waals surface area contributed by atoms with Gasteiger partial charge in [0.05, 0.1) is 5.75 Å². The Morgan fingerprint density at radius 2 is 2.16 bits per heavy atom. The van der Waals surface area contributed by atoms with Crippen LogP contribution in [0.1, 0.15) is 23.4 Å². The van der Waals surface area contributed by atoms with Crippen LogP contribution in [0.4, 0.5) is 0 Å². The molecule has 0 radical (unpaired) electrons. The maximum Gasteiger partial charge on any atom is 0.242 e. The lowest BCUT2D eigenvalue weighted by molar-refractivity contribution is -0.137. The van der Waals surface area contributed by atoms with Crippen LogP contribution >= 0.6 is 11.8 Å². The molecule has 1 N–H and O–H groups in total. The molecule has 1 heterocycles. The molecule has 1 aliphatic heterocycles. The number of carbonyl (C=O) groups is 2. The number of aryl methyl sites for hydroxylation is 1. The summed E-state index contributed by atoms with van der Waals surface area (Å²) in [7, 11) is 1.59. The van der Waals surface area contributed by atoms with E-state index in [2.05, 4.69) is 5.32 Å². The molecule has 0 aliphatic carbocycles. The van der Waals surface area contributed by atoms with E-state index < -0.39 is 6.04 Å². The number of nitrogens with zero attached hydrogens (tertiary/aromatic N) is 1. The van der Waals surface area contributed by atoms with Crippen LogP contribution < -0.4 is 5.32 Å². The summed E-state index contributed by atoms with van der Waals surface area (Å²) in [6.07, 6.45) is 0. The highest BCUT2D eigenvalue weighted by atomic mass is 32.2. The lowest BCUT2D eigenvalue weighted by Crippen LogP contribution is -2.45. The van der Waals surface area contributed by atoms with Gasteiger partial charge in [-0.05, 0) is 25.0 Å². The van der Waals surface area contributed by atoms with E-state index in [1.165, 1.54) is 0 Å². The van der Waals surface area contributed by atoms with Gasteiger partial charge in [0, 0.05) is 7.05 Å². The Hall–Kier alpha value is -1.49. The number of nitrogens with one attached hydrogen (secondary N) is 1. The van der Waals surface area contributed by atoms with Crippen molar-refractivity contribution in [1.29, 1.82) is 0 Å². The van der Waals surface area contributed by atoms with Crippen molar-refractivity contribution < 1.29 is 9.59 Å². The van der Waals surface area contributed by atoms with Gasteiger partial charge >= 0.3 is 0 Å². The number of thioether (sulfide) groups is 1. The van der Waals surface area contributed by atoms with Gasteiger partial charge in [0.15, 0.2) is 0 Å². The van der Waals surface area contributed by atoms with Crippen molar-refractivity contribution in [2.24, 2.45) is 0 Å². The van der Waals surface area contributed by atoms with Gasteiger partial charge in [0.2, 0.25) is 11.8 Å². The fraction of sp³-hybridized carbons (Fsp3) is 0.429. The van der Waals surface area contributed by atoms with E-state index in [9.17, 15) is 9.59 Å². The molecular formula is C14H18N2O2S. The van der Waals surface area contributed by atoms with E-state index in [-0.39, 0.29) is 17.2 Å². The molecule has 4 nitrogen and oxygen atoms in total. The summed E-state index contributed by atoms with van der Waals surface area (Å²) in [6, 6.07) is 7.55. The number of amides is 2. The van der Waals surface area contributed by atoms with E-state index in [1.54, 1.807) is 30.6 Å². The highest BCUT2D eigenvalue weighted by Gasteiger charge is 2.38. The fourth-order valence-corrected chi connectivity index (χ4v) is 3.65. The molecule has 0 bridgehead atoms. The minimum absolute atomic E-state index is 0.0225. The quantitative estimate of drug-likeness (QED) is 0.915. The summed E-state index contributed by atoms with van der Waals surface area (Å²) >= 11 is 1.58. The zero-order valence-electron chi connectivity index (χ0n) is 11.3. The maximum absolute atomic E-state index is 12.1. The van der Waals surface area contributed by atoms with Crippen molar-refractivity contribution in [1.82, 2.24) is 10.2 Å². The van der Waals surface area contributed by atoms with Gasteiger partial charge in [-0.25, -0.2) is 0 Å². The molecule has 2 rings (SSSR count). The van der Waals surface area contributed by atoms with E-state index in [1.807, 2.05) is 31.2 Å². The molecular weight excluding hydrogens is 260 g/mol. The average Bonchev–Trinajstić information content (AvgIpc) is 2.79. The van der Waals surface area contributed by atoms with Crippen LogP contribution in [0.15, 0.2) is 24.3 Å². The second-order valence-electron chi connectivity index (χ2n) is 4.61. The Bertz CT molecular complexity index is 504. The molecule has 2 atom stereocenters. The van der Waals surface area contributed by atoms with Gasteiger partial charge in [-0.15, -0.1) is 11.8 Å². The number of benzene rings is 1. The summed E-state index contributed by atoms with van der Waals surface area (Å²) in [5.41, 5.74) is 2.25. The van der Waals surface area contributed by atoms with Gasteiger partial charge < -0.3 is 10.2 Å². The molecule has 19 heavy (non-hydrogen) atoms. The zero-order valence-corrected chi connectivity index (χ0v) is 12.2. The minimum atomic E-state index is -0.447. The van der Waals surface area contributed by atoms with Gasteiger partial charge in [-0.3, -0.25) is 9.59 Å². The molecule has 102 valence electrons. The first-order chi connectivity index (χ1) is 9.06. The second kappa shape index (κ2) is 5.65. The van der Waals surface area contributed by atoms with Crippen molar-refractivity contribution in [3.8, 4) is 0 Å². The Labute approximate surface area is 117 Å². The molecule has 0 unspecified atom stereocenters. The minimum Gasteiger partial charge on any atom is -0.357 e. The molecule has 0 saturated carbocycles. The molecule has 2 amide bonds. The first kappa shape index (κ1) is 13.9. The molecule has 1 aromatic rings. The van der Waals surface area contributed by atoms with E-state index in [0.29, 0.717) is 5.75 Å². The van der Waals surface area contributed by atoms with E-state index in [4.69, 9.17) is 0 Å². The summed E-state index contributed by atoms with van der Waals surface area (Å²) in [4.78, 5) is 25.5. The van der Waals surface area contributed by atoms with E-state index >= 15 is 0 Å². The van der Waals surface area contributed by atoms with Crippen molar-refractivity contribution >= 4 is 23.6 Å². The Morgan fingerprint density at radius 3 is 2.79 bits per heavy atom. The van der Waals surface area contributed by atoms with Crippen LogP contribution in [0.2, 0.25) is 0 Å². The molecule has 5 heteroatoms. The molecule has 1 aromatic carbocycles. The topological polar surface area (TPSA) is 49.4 Å². The van der Waals surface area contributed by atoms with Crippen LogP contribution in [-0.4, -0.2) is 35.6 Å². The first-order valence-corrected chi connectivity index (χ1v) is 7.31. The van der Waals surface area contributed by atoms with Crippen molar-refractivity contribution in [2.45, 2.75) is 25.3 Å². The second-order valence-corrected chi connectivity index (χ2v) is 5.68. The molecule has 0 aromatic heterocycles. The molecule has 1 fully saturated rings. The van der Waals surface area contributed by atoms with Crippen LogP contribution in [0, 0.1) is 6.92 Å². The summed E-state index contributed by atoms with van der Waals surface area (Å²) in [5.74, 6) is 0.323. The van der Waals surface area contributed by atoms with Gasteiger partial charge in [-0.1, -0.05) is 24.3 Å². The predicted octanol–water partition coefficient (Wildman–Crippen LogP) is 1.70. The van der Waals surface area contributed by atoms with Crippen LogP contribution in [-0.2, 0) is 9.59 Å². The fourth-order valence-electron chi connectivity index (χ4n) is 2.29. The number of likely N-dealkylation sites (N-methyl/N-ethyl adjacent to an activating group) is 1. The lowest BCUT2D eigenvalue weighted by atomic mass is 10.1. The van der Waals surface area contributed by atoms with Gasteiger partial charge in [0.25, 0.3) is 0 Å². The van der Waals surface area contributed by atoms with Crippen LogP contribution in [0.25, 0.3) is 0 Å². The Morgan fingerprint density at radius 1 is 1.47 bits per heavy atom. The molecule has 1 saturated heterocycles. The number of carbonyl (C=O) groups excluding carboxylic acids is 2. The lowest BCUT2D eigenvalue weighted by Gasteiger charge is -2.30. The number of hydrogen-bond donors (Lipinski definition) is 1. The third-order valence-electron chi connectivity index (χ3n) is 3.40. The highest BCUT2D eigenvalue weighted by molar-refractivity contribution is 8.00. The normalized spacial score (nSPS) is 20.5. The zero-order chi connectivity index (χ0) is 14.0. The van der Waals surface area contributed by atoms with Crippen molar-refractivity contribution in [2.75, 3.05) is 12.8 Å². The summed E-state index contributed by atoms with van der Waals surface area (Å²) in [6.45, 7) is 3.80. The first-order valence-electron chi connectivity index (χ1n) is 6.26.